The Morgan fingerprint density at radius 2 is 2.15 bits per heavy atom. The minimum Gasteiger partial charge on any atom is -0.328 e. The van der Waals surface area contributed by atoms with Crippen LogP contribution in [0.2, 0.25) is 0 Å². The highest BCUT2D eigenvalue weighted by atomic mass is 16.2. The Hall–Kier alpha value is -0.570. The molecule has 1 heterocycles. The van der Waals surface area contributed by atoms with Gasteiger partial charge in [-0.2, -0.15) is 0 Å². The van der Waals surface area contributed by atoms with Gasteiger partial charge in [0, 0.05) is 6.54 Å². The van der Waals surface area contributed by atoms with Crippen molar-refractivity contribution in [3.63, 3.8) is 0 Å². The summed E-state index contributed by atoms with van der Waals surface area (Å²) in [5.41, 5.74) is 0.210. The van der Waals surface area contributed by atoms with Gasteiger partial charge in [0.25, 0.3) is 0 Å². The average Bonchev–Trinajstić information content (AvgIpc) is 2.35. The number of carbonyl (C=O) groups is 1. The number of amides is 1. The van der Waals surface area contributed by atoms with Gasteiger partial charge in [-0.05, 0) is 11.3 Å². The lowest BCUT2D eigenvalue weighted by Gasteiger charge is -2.33. The molecule has 1 rings (SSSR count). The lowest BCUT2D eigenvalue weighted by molar-refractivity contribution is -0.128. The molecule has 3 nitrogen and oxygen atoms in total. The third-order valence-electron chi connectivity index (χ3n) is 3.09. The maximum atomic E-state index is 11.3. The summed E-state index contributed by atoms with van der Waals surface area (Å²) in [5, 5.41) is 3.06. The molecular formula is C10H20N2O. The van der Waals surface area contributed by atoms with Gasteiger partial charge in [-0.25, -0.2) is 0 Å². The molecule has 1 saturated heterocycles. The first-order chi connectivity index (χ1) is 5.93. The Balaban J connectivity index is 2.52. The van der Waals surface area contributed by atoms with E-state index in [0.29, 0.717) is 12.5 Å². The molecule has 0 saturated carbocycles. The van der Waals surface area contributed by atoms with Gasteiger partial charge in [0.05, 0.1) is 13.2 Å². The zero-order chi connectivity index (χ0) is 10.1. The lowest BCUT2D eigenvalue weighted by atomic mass is 9.81. The molecule has 0 spiro atoms. The highest BCUT2D eigenvalue weighted by Gasteiger charge is 2.29. The number of hydrogen-bond donors (Lipinski definition) is 1. The second kappa shape index (κ2) is 3.66. The van der Waals surface area contributed by atoms with Crippen LogP contribution >= 0.6 is 0 Å². The molecule has 1 fully saturated rings. The summed E-state index contributed by atoms with van der Waals surface area (Å²) in [6, 6.07) is 0. The first-order valence-corrected chi connectivity index (χ1v) is 4.92. The molecule has 1 N–H and O–H groups in total. The van der Waals surface area contributed by atoms with Crippen LogP contribution in [0.15, 0.2) is 0 Å². The van der Waals surface area contributed by atoms with Crippen LogP contribution in [0.3, 0.4) is 0 Å². The molecule has 3 heteroatoms. The molecule has 0 aromatic heterocycles. The van der Waals surface area contributed by atoms with E-state index in [2.05, 4.69) is 33.0 Å². The Kier molecular flexibility index (Phi) is 2.96. The minimum atomic E-state index is 0.210. The SMILES string of the molecule is CC(C)C(C)(C)CN1CNCC1=O. The van der Waals surface area contributed by atoms with E-state index in [1.54, 1.807) is 0 Å². The van der Waals surface area contributed by atoms with Gasteiger partial charge in [-0.15, -0.1) is 0 Å². The van der Waals surface area contributed by atoms with E-state index in [-0.39, 0.29) is 11.3 Å². The van der Waals surface area contributed by atoms with Crippen LogP contribution in [0.5, 0.6) is 0 Å². The molecule has 1 amide bonds. The second-order valence-corrected chi connectivity index (χ2v) is 4.82. The van der Waals surface area contributed by atoms with Gasteiger partial charge < -0.3 is 4.90 Å². The van der Waals surface area contributed by atoms with Crippen molar-refractivity contribution >= 4 is 5.91 Å². The lowest BCUT2D eigenvalue weighted by Crippen LogP contribution is -2.38. The summed E-state index contributed by atoms with van der Waals surface area (Å²) >= 11 is 0. The Morgan fingerprint density at radius 1 is 1.54 bits per heavy atom. The first kappa shape index (κ1) is 10.5. The van der Waals surface area contributed by atoms with Crippen LogP contribution < -0.4 is 5.32 Å². The number of hydrogen-bond acceptors (Lipinski definition) is 2. The van der Waals surface area contributed by atoms with Crippen molar-refractivity contribution in [2.45, 2.75) is 27.7 Å². The smallest absolute Gasteiger partial charge is 0.237 e. The monoisotopic (exact) mass is 184 g/mol. The molecule has 13 heavy (non-hydrogen) atoms. The van der Waals surface area contributed by atoms with Gasteiger partial charge in [0.1, 0.15) is 0 Å². The summed E-state index contributed by atoms with van der Waals surface area (Å²) in [6.45, 7) is 10.9. The topological polar surface area (TPSA) is 32.3 Å². The van der Waals surface area contributed by atoms with Gasteiger partial charge in [0.2, 0.25) is 5.91 Å². The standard InChI is InChI=1S/C10H20N2O/c1-8(2)10(3,4)6-12-7-11-5-9(12)13/h8,11H,5-7H2,1-4H3. The molecule has 76 valence electrons. The van der Waals surface area contributed by atoms with E-state index in [4.69, 9.17) is 0 Å². The second-order valence-electron chi connectivity index (χ2n) is 4.82. The number of nitrogens with zero attached hydrogens (tertiary/aromatic N) is 1. The zero-order valence-electron chi connectivity index (χ0n) is 9.05. The van der Waals surface area contributed by atoms with Crippen molar-refractivity contribution in [1.82, 2.24) is 10.2 Å². The van der Waals surface area contributed by atoms with Crippen molar-refractivity contribution in [2.24, 2.45) is 11.3 Å². The Morgan fingerprint density at radius 3 is 2.54 bits per heavy atom. The zero-order valence-corrected chi connectivity index (χ0v) is 9.05. The van der Waals surface area contributed by atoms with E-state index in [9.17, 15) is 4.79 Å². The molecule has 1 aliphatic rings. The summed E-state index contributed by atoms with van der Waals surface area (Å²) in [5.74, 6) is 0.828. The van der Waals surface area contributed by atoms with Crippen molar-refractivity contribution in [2.75, 3.05) is 19.8 Å². The van der Waals surface area contributed by atoms with Crippen LogP contribution in [0, 0.1) is 11.3 Å². The molecule has 0 aliphatic carbocycles. The predicted octanol–water partition coefficient (Wildman–Crippen LogP) is 1.06. The summed E-state index contributed by atoms with van der Waals surface area (Å²) in [7, 11) is 0. The van der Waals surface area contributed by atoms with Crippen LogP contribution in [-0.2, 0) is 4.79 Å². The van der Waals surface area contributed by atoms with Crippen molar-refractivity contribution < 1.29 is 4.79 Å². The third-order valence-corrected chi connectivity index (χ3v) is 3.09. The number of nitrogens with one attached hydrogen (secondary N) is 1. The van der Waals surface area contributed by atoms with E-state index >= 15 is 0 Å². The molecular weight excluding hydrogens is 164 g/mol. The largest absolute Gasteiger partial charge is 0.328 e. The molecule has 0 atom stereocenters. The van der Waals surface area contributed by atoms with Crippen molar-refractivity contribution in [3.05, 3.63) is 0 Å². The maximum Gasteiger partial charge on any atom is 0.237 e. The molecule has 0 bridgehead atoms. The van der Waals surface area contributed by atoms with Gasteiger partial charge in [-0.1, -0.05) is 27.7 Å². The predicted molar refractivity (Wildman–Crippen MR) is 53.2 cm³/mol. The summed E-state index contributed by atoms with van der Waals surface area (Å²) in [6.07, 6.45) is 0. The molecule has 0 unspecified atom stereocenters. The van der Waals surface area contributed by atoms with Crippen LogP contribution in [0.1, 0.15) is 27.7 Å². The molecule has 0 aromatic carbocycles. The fourth-order valence-corrected chi connectivity index (χ4v) is 1.32. The normalized spacial score (nSPS) is 18.8. The van der Waals surface area contributed by atoms with Crippen LogP contribution in [-0.4, -0.2) is 30.6 Å². The summed E-state index contributed by atoms with van der Waals surface area (Å²) in [4.78, 5) is 13.2. The Labute approximate surface area is 80.5 Å². The van der Waals surface area contributed by atoms with Crippen molar-refractivity contribution in [3.8, 4) is 0 Å². The number of carbonyl (C=O) groups excluding carboxylic acids is 1. The number of rotatable bonds is 3. The van der Waals surface area contributed by atoms with Gasteiger partial charge in [0.15, 0.2) is 0 Å². The fourth-order valence-electron chi connectivity index (χ4n) is 1.32. The minimum absolute atomic E-state index is 0.210. The van der Waals surface area contributed by atoms with Gasteiger partial charge in [-0.3, -0.25) is 10.1 Å². The summed E-state index contributed by atoms with van der Waals surface area (Å²) < 4.78 is 0. The van der Waals surface area contributed by atoms with Crippen LogP contribution in [0.4, 0.5) is 0 Å². The molecule has 0 aromatic rings. The third kappa shape index (κ3) is 2.44. The van der Waals surface area contributed by atoms with E-state index in [0.717, 1.165) is 13.2 Å². The quantitative estimate of drug-likeness (QED) is 0.711. The highest BCUT2D eigenvalue weighted by molar-refractivity contribution is 5.80. The molecule has 1 aliphatic heterocycles. The fraction of sp³-hybridized carbons (Fsp3) is 0.900. The van der Waals surface area contributed by atoms with E-state index in [1.165, 1.54) is 0 Å². The van der Waals surface area contributed by atoms with E-state index < -0.39 is 0 Å². The van der Waals surface area contributed by atoms with Crippen LogP contribution in [0.25, 0.3) is 0 Å². The van der Waals surface area contributed by atoms with E-state index in [1.807, 2.05) is 4.90 Å². The highest BCUT2D eigenvalue weighted by Crippen LogP contribution is 2.27. The van der Waals surface area contributed by atoms with Crippen molar-refractivity contribution in [1.29, 1.82) is 0 Å². The molecule has 0 radical (unpaired) electrons. The Bertz CT molecular complexity index is 199. The average molecular weight is 184 g/mol. The first-order valence-electron chi connectivity index (χ1n) is 4.92. The van der Waals surface area contributed by atoms with Gasteiger partial charge >= 0.3 is 0 Å². The maximum absolute atomic E-state index is 11.3.